The fourth-order valence-electron chi connectivity index (χ4n) is 4.07. The highest BCUT2D eigenvalue weighted by molar-refractivity contribution is 7.33. The SMILES string of the molecule is Nc1ncnc2c1ncn2CC1(OCO[PH](=O)OCOC2(Cn3cnc4c(N)ncnc43)CC2)CC1. The summed E-state index contributed by atoms with van der Waals surface area (Å²) in [6, 6.07) is 0. The van der Waals surface area contributed by atoms with Gasteiger partial charge in [0.15, 0.2) is 36.5 Å². The number of imidazole rings is 2. The summed E-state index contributed by atoms with van der Waals surface area (Å²) in [4.78, 5) is 24.9. The van der Waals surface area contributed by atoms with Crippen molar-refractivity contribution in [3.63, 3.8) is 0 Å². The summed E-state index contributed by atoms with van der Waals surface area (Å²) in [7, 11) is -2.79. The van der Waals surface area contributed by atoms with Crippen LogP contribution in [-0.2, 0) is 36.2 Å². The summed E-state index contributed by atoms with van der Waals surface area (Å²) < 4.78 is 38.2. The molecule has 190 valence electrons. The summed E-state index contributed by atoms with van der Waals surface area (Å²) >= 11 is 0. The van der Waals surface area contributed by atoms with Crippen molar-refractivity contribution in [3.05, 3.63) is 25.3 Å². The number of ether oxygens (including phenoxy) is 2. The molecule has 0 aliphatic heterocycles. The quantitative estimate of drug-likeness (QED) is 0.202. The van der Waals surface area contributed by atoms with Crippen molar-refractivity contribution < 1.29 is 23.1 Å². The summed E-state index contributed by atoms with van der Waals surface area (Å²) in [5, 5.41) is 0. The van der Waals surface area contributed by atoms with E-state index in [0.29, 0.717) is 47.1 Å². The van der Waals surface area contributed by atoms with E-state index in [0.717, 1.165) is 25.7 Å². The number of rotatable bonds is 12. The molecule has 0 unspecified atom stereocenters. The van der Waals surface area contributed by atoms with Crippen LogP contribution in [0.1, 0.15) is 25.7 Å². The van der Waals surface area contributed by atoms with Gasteiger partial charge in [-0.05, 0) is 25.7 Å². The van der Waals surface area contributed by atoms with E-state index in [-0.39, 0.29) is 13.6 Å². The van der Waals surface area contributed by atoms with Gasteiger partial charge in [0.2, 0.25) is 0 Å². The Morgan fingerprint density at radius 2 is 1.19 bits per heavy atom. The zero-order chi connectivity index (χ0) is 24.8. The van der Waals surface area contributed by atoms with Gasteiger partial charge >= 0.3 is 8.25 Å². The van der Waals surface area contributed by atoms with Gasteiger partial charge in [-0.1, -0.05) is 0 Å². The van der Waals surface area contributed by atoms with E-state index in [4.69, 9.17) is 30.0 Å². The van der Waals surface area contributed by atoms with Crippen LogP contribution in [0.5, 0.6) is 0 Å². The second-order valence-corrected chi connectivity index (χ2v) is 10.1. The van der Waals surface area contributed by atoms with Gasteiger partial charge in [0.05, 0.1) is 36.9 Å². The standard InChI is InChI=1S/C20H25N10O5P/c21-15-13-17(25-7-23-15)29(9-27-13)5-19(1-2-19)32-11-34-36(31)35-12-33-20(3-4-20)6-30-10-28-14-16(22)24-8-26-18(14)30/h7-10,36H,1-6,11-12H2,(H2,21,23,25)(H2,22,24,26). The summed E-state index contributed by atoms with van der Waals surface area (Å²) in [6.07, 6.45) is 9.47. The van der Waals surface area contributed by atoms with E-state index >= 15 is 0 Å². The summed E-state index contributed by atoms with van der Waals surface area (Å²) in [6.45, 7) is 0.732. The minimum atomic E-state index is -2.79. The van der Waals surface area contributed by atoms with Gasteiger partial charge < -0.3 is 30.1 Å². The highest BCUT2D eigenvalue weighted by atomic mass is 31.1. The maximum absolute atomic E-state index is 12.2. The van der Waals surface area contributed by atoms with Gasteiger partial charge in [-0.2, -0.15) is 0 Å². The normalized spacial score (nSPS) is 17.8. The van der Waals surface area contributed by atoms with Crippen molar-refractivity contribution in [3.8, 4) is 0 Å². The topological polar surface area (TPSA) is 193 Å². The number of hydrogen-bond donors (Lipinski definition) is 2. The molecule has 4 aromatic heterocycles. The van der Waals surface area contributed by atoms with E-state index in [1.54, 1.807) is 12.7 Å². The number of nitrogens with two attached hydrogens (primary N) is 2. The van der Waals surface area contributed by atoms with Crippen LogP contribution >= 0.6 is 8.25 Å². The smallest absolute Gasteiger partial charge is 0.323 e. The Labute approximate surface area is 205 Å². The molecular formula is C20H25N10O5P. The molecule has 6 rings (SSSR count). The van der Waals surface area contributed by atoms with E-state index in [1.807, 2.05) is 9.13 Å². The first-order valence-corrected chi connectivity index (χ1v) is 12.6. The van der Waals surface area contributed by atoms with Crippen molar-refractivity contribution in [2.24, 2.45) is 0 Å². The maximum Gasteiger partial charge on any atom is 0.323 e. The van der Waals surface area contributed by atoms with Crippen LogP contribution in [0.4, 0.5) is 11.6 Å². The van der Waals surface area contributed by atoms with E-state index in [9.17, 15) is 4.57 Å². The molecule has 36 heavy (non-hydrogen) atoms. The third kappa shape index (κ3) is 4.63. The fourth-order valence-corrected chi connectivity index (χ4v) is 4.47. The molecule has 4 heterocycles. The van der Waals surface area contributed by atoms with Crippen LogP contribution in [0, 0.1) is 0 Å². The van der Waals surface area contributed by atoms with E-state index in [1.165, 1.54) is 12.7 Å². The van der Waals surface area contributed by atoms with Gasteiger partial charge in [-0.15, -0.1) is 0 Å². The second kappa shape index (κ2) is 9.01. The van der Waals surface area contributed by atoms with E-state index in [2.05, 4.69) is 29.9 Å². The van der Waals surface area contributed by atoms with Crippen molar-refractivity contribution >= 4 is 42.2 Å². The zero-order valence-electron chi connectivity index (χ0n) is 19.2. The average Bonchev–Trinajstić information content (AvgIpc) is 3.71. The highest BCUT2D eigenvalue weighted by Crippen LogP contribution is 2.43. The Hall–Kier alpha value is -3.23. The molecule has 0 spiro atoms. The van der Waals surface area contributed by atoms with Crippen LogP contribution in [0.15, 0.2) is 25.3 Å². The molecular weight excluding hydrogens is 491 g/mol. The fraction of sp³-hybridized carbons (Fsp3) is 0.500. The minimum absolute atomic E-state index is 0.158. The van der Waals surface area contributed by atoms with Crippen LogP contribution in [-0.4, -0.2) is 63.8 Å². The van der Waals surface area contributed by atoms with Crippen LogP contribution in [0.25, 0.3) is 22.3 Å². The molecule has 2 saturated carbocycles. The third-order valence-electron chi connectivity index (χ3n) is 6.48. The largest absolute Gasteiger partial charge is 0.382 e. The van der Waals surface area contributed by atoms with Crippen molar-refractivity contribution in [1.82, 2.24) is 39.0 Å². The Balaban J connectivity index is 0.951. The lowest BCUT2D eigenvalue weighted by Crippen LogP contribution is -2.23. The molecule has 2 fully saturated rings. The molecule has 4 N–H and O–H groups in total. The lowest BCUT2D eigenvalue weighted by atomic mass is 10.3. The first-order chi connectivity index (χ1) is 17.5. The first kappa shape index (κ1) is 23.2. The van der Waals surface area contributed by atoms with Gasteiger partial charge in [0.25, 0.3) is 0 Å². The Kier molecular flexibility index (Phi) is 5.80. The molecule has 2 aliphatic rings. The first-order valence-electron chi connectivity index (χ1n) is 11.4. The number of hydrogen-bond acceptors (Lipinski definition) is 13. The number of nitrogens with zero attached hydrogens (tertiary/aromatic N) is 8. The van der Waals surface area contributed by atoms with Crippen LogP contribution in [0.2, 0.25) is 0 Å². The van der Waals surface area contributed by atoms with Crippen LogP contribution in [0.3, 0.4) is 0 Å². The summed E-state index contributed by atoms with van der Waals surface area (Å²) in [5.74, 6) is 0.659. The Morgan fingerprint density at radius 3 is 1.61 bits per heavy atom. The number of anilines is 2. The lowest BCUT2D eigenvalue weighted by molar-refractivity contribution is -0.0808. The molecule has 16 heteroatoms. The van der Waals surface area contributed by atoms with Gasteiger partial charge in [0, 0.05) is 0 Å². The zero-order valence-corrected chi connectivity index (χ0v) is 20.2. The van der Waals surface area contributed by atoms with Crippen molar-refractivity contribution in [2.45, 2.75) is 50.0 Å². The second-order valence-electron chi connectivity index (χ2n) is 9.04. The lowest BCUT2D eigenvalue weighted by Gasteiger charge is -2.18. The molecule has 0 radical (unpaired) electrons. The monoisotopic (exact) mass is 516 g/mol. The molecule has 0 aromatic carbocycles. The predicted octanol–water partition coefficient (Wildman–Crippen LogP) is 1.27. The van der Waals surface area contributed by atoms with Gasteiger partial charge in [0.1, 0.15) is 23.7 Å². The van der Waals surface area contributed by atoms with Crippen molar-refractivity contribution in [2.75, 3.05) is 25.1 Å². The van der Waals surface area contributed by atoms with Gasteiger partial charge in [-0.25, -0.2) is 29.9 Å². The predicted molar refractivity (Wildman–Crippen MR) is 126 cm³/mol. The maximum atomic E-state index is 12.2. The average molecular weight is 516 g/mol. The third-order valence-corrected chi connectivity index (χ3v) is 7.18. The molecule has 0 bridgehead atoms. The molecule has 0 saturated heterocycles. The molecule has 0 amide bonds. The number of nitrogen functional groups attached to an aromatic ring is 2. The van der Waals surface area contributed by atoms with Gasteiger partial charge in [-0.3, -0.25) is 13.6 Å². The Morgan fingerprint density at radius 1 is 0.750 bits per heavy atom. The summed E-state index contributed by atoms with van der Waals surface area (Å²) in [5.41, 5.74) is 13.2. The highest BCUT2D eigenvalue weighted by Gasteiger charge is 2.46. The molecule has 2 aliphatic carbocycles. The molecule has 4 aromatic rings. The van der Waals surface area contributed by atoms with Crippen molar-refractivity contribution in [1.29, 1.82) is 0 Å². The number of aromatic nitrogens is 8. The van der Waals surface area contributed by atoms with E-state index < -0.39 is 19.5 Å². The Bertz CT molecular complexity index is 1330. The minimum Gasteiger partial charge on any atom is -0.382 e. The van der Waals surface area contributed by atoms with Crippen LogP contribution < -0.4 is 11.5 Å². The molecule has 0 atom stereocenters. The molecule has 15 nitrogen and oxygen atoms in total. The number of fused-ring (bicyclic) bond motifs is 2.